The van der Waals surface area contributed by atoms with Crippen LogP contribution in [0.3, 0.4) is 0 Å². The van der Waals surface area contributed by atoms with Crippen molar-refractivity contribution in [3.63, 3.8) is 0 Å². The van der Waals surface area contributed by atoms with Crippen molar-refractivity contribution in [3.05, 3.63) is 62.5 Å². The first kappa shape index (κ1) is 17.9. The molecule has 2 aromatic heterocycles. The van der Waals surface area contributed by atoms with E-state index in [9.17, 15) is 9.59 Å². The van der Waals surface area contributed by atoms with E-state index in [0.717, 1.165) is 37.1 Å². The summed E-state index contributed by atoms with van der Waals surface area (Å²) in [6, 6.07) is 9.09. The number of hydrogen-bond acceptors (Lipinski definition) is 5. The first-order valence-corrected chi connectivity index (χ1v) is 10.1. The number of carbonyl (C=O) groups excluding carboxylic acids is 1. The summed E-state index contributed by atoms with van der Waals surface area (Å²) in [5, 5.41) is 4.68. The number of fused-ring (bicyclic) bond motifs is 1. The maximum absolute atomic E-state index is 12.8. The lowest BCUT2D eigenvalue weighted by Gasteiger charge is -2.34. The number of piperazine rings is 1. The molecule has 0 unspecified atom stereocenters. The van der Waals surface area contributed by atoms with E-state index in [1.54, 1.807) is 23.5 Å². The van der Waals surface area contributed by atoms with Crippen molar-refractivity contribution >= 4 is 28.0 Å². The van der Waals surface area contributed by atoms with Gasteiger partial charge in [0.1, 0.15) is 5.69 Å². The summed E-state index contributed by atoms with van der Waals surface area (Å²) in [6.07, 6.45) is 0.969. The molecule has 7 heteroatoms. The van der Waals surface area contributed by atoms with Gasteiger partial charge in [-0.05, 0) is 23.9 Å². The molecule has 3 heterocycles. The topological polar surface area (TPSA) is 69.3 Å². The molecule has 1 N–H and O–H groups in total. The average molecular weight is 382 g/mol. The molecule has 1 aliphatic rings. The van der Waals surface area contributed by atoms with E-state index in [1.807, 2.05) is 23.1 Å². The van der Waals surface area contributed by atoms with Gasteiger partial charge >= 0.3 is 0 Å². The van der Waals surface area contributed by atoms with Gasteiger partial charge in [-0.1, -0.05) is 25.1 Å². The van der Waals surface area contributed by atoms with Crippen LogP contribution in [-0.4, -0.2) is 51.9 Å². The number of nitrogens with one attached hydrogen (secondary N) is 1. The molecule has 0 bridgehead atoms. The number of nitrogens with zero attached hydrogens (tertiary/aromatic N) is 3. The standard InChI is InChI=1S/C20H22N4O2S/c1-2-18-21-15(13-27-18)12-23-7-9-24(10-8-23)20(26)17-11-14-5-3-4-6-16(14)19(25)22-17/h3-6,11,13H,2,7-10,12H2,1H3,(H,22,25). The molecule has 3 aromatic rings. The maximum Gasteiger partial charge on any atom is 0.270 e. The smallest absolute Gasteiger partial charge is 0.270 e. The van der Waals surface area contributed by atoms with E-state index in [2.05, 4.69) is 27.2 Å². The molecule has 1 aliphatic heterocycles. The highest BCUT2D eigenvalue weighted by Crippen LogP contribution is 2.15. The number of rotatable bonds is 4. The maximum atomic E-state index is 12.8. The number of thiazole rings is 1. The van der Waals surface area contributed by atoms with Gasteiger partial charge < -0.3 is 9.88 Å². The zero-order chi connectivity index (χ0) is 18.8. The Morgan fingerprint density at radius 2 is 2.00 bits per heavy atom. The number of hydrogen-bond donors (Lipinski definition) is 1. The fourth-order valence-corrected chi connectivity index (χ4v) is 4.15. The van der Waals surface area contributed by atoms with Gasteiger partial charge in [0.25, 0.3) is 11.5 Å². The van der Waals surface area contributed by atoms with Gasteiger partial charge in [0.05, 0.1) is 10.7 Å². The molecular weight excluding hydrogens is 360 g/mol. The number of amides is 1. The Morgan fingerprint density at radius 1 is 1.22 bits per heavy atom. The van der Waals surface area contributed by atoms with Gasteiger partial charge in [-0.3, -0.25) is 14.5 Å². The minimum Gasteiger partial charge on any atom is -0.335 e. The zero-order valence-corrected chi connectivity index (χ0v) is 16.1. The Morgan fingerprint density at radius 3 is 2.74 bits per heavy atom. The highest BCUT2D eigenvalue weighted by Gasteiger charge is 2.23. The van der Waals surface area contributed by atoms with Crippen molar-refractivity contribution in [1.82, 2.24) is 19.8 Å². The molecule has 0 radical (unpaired) electrons. The summed E-state index contributed by atoms with van der Waals surface area (Å²) in [5.74, 6) is -0.112. The summed E-state index contributed by atoms with van der Waals surface area (Å²) in [6.45, 7) is 5.86. The number of aromatic amines is 1. The number of aryl methyl sites for hydroxylation is 1. The quantitative estimate of drug-likeness (QED) is 0.753. The minimum atomic E-state index is -0.217. The fraction of sp³-hybridized carbons (Fsp3) is 0.350. The molecule has 1 amide bonds. The van der Waals surface area contributed by atoms with Gasteiger partial charge in [0.2, 0.25) is 0 Å². The van der Waals surface area contributed by atoms with Gasteiger partial charge in [-0.25, -0.2) is 4.98 Å². The second-order valence-corrected chi connectivity index (χ2v) is 7.70. The van der Waals surface area contributed by atoms with E-state index in [-0.39, 0.29) is 11.5 Å². The Kier molecular flexibility index (Phi) is 5.05. The molecule has 1 fully saturated rings. The van der Waals surface area contributed by atoms with Gasteiger partial charge in [-0.2, -0.15) is 0 Å². The van der Waals surface area contributed by atoms with E-state index < -0.39 is 0 Å². The van der Waals surface area contributed by atoms with Gasteiger partial charge in [0.15, 0.2) is 0 Å². The van der Waals surface area contributed by atoms with Gasteiger partial charge in [0, 0.05) is 43.5 Å². The summed E-state index contributed by atoms with van der Waals surface area (Å²) in [7, 11) is 0. The van der Waals surface area contributed by atoms with E-state index in [4.69, 9.17) is 0 Å². The number of pyridine rings is 1. The molecule has 1 aromatic carbocycles. The van der Waals surface area contributed by atoms with Crippen molar-refractivity contribution < 1.29 is 4.79 Å². The predicted octanol–water partition coefficient (Wildman–Crippen LogP) is 2.51. The van der Waals surface area contributed by atoms with Crippen molar-refractivity contribution in [1.29, 1.82) is 0 Å². The lowest BCUT2D eigenvalue weighted by molar-refractivity contribution is 0.0621. The number of aromatic nitrogens is 2. The van der Waals surface area contributed by atoms with Crippen molar-refractivity contribution in [2.24, 2.45) is 0 Å². The average Bonchev–Trinajstić information content (AvgIpc) is 3.15. The highest BCUT2D eigenvalue weighted by molar-refractivity contribution is 7.09. The Labute approximate surface area is 161 Å². The van der Waals surface area contributed by atoms with Crippen LogP contribution in [0, 0.1) is 0 Å². The lowest BCUT2D eigenvalue weighted by Crippen LogP contribution is -2.48. The van der Waals surface area contributed by atoms with E-state index in [1.165, 1.54) is 5.01 Å². The van der Waals surface area contributed by atoms with Crippen LogP contribution in [-0.2, 0) is 13.0 Å². The summed E-state index contributed by atoms with van der Waals surface area (Å²) in [5.41, 5.74) is 1.25. The highest BCUT2D eigenvalue weighted by atomic mass is 32.1. The molecule has 1 saturated heterocycles. The third-order valence-electron chi connectivity index (χ3n) is 4.93. The van der Waals surface area contributed by atoms with Crippen LogP contribution < -0.4 is 5.56 Å². The molecule has 0 atom stereocenters. The van der Waals surface area contributed by atoms with Crippen molar-refractivity contribution in [2.45, 2.75) is 19.9 Å². The van der Waals surface area contributed by atoms with Crippen LogP contribution in [0.4, 0.5) is 0 Å². The number of H-pyrrole nitrogens is 1. The second-order valence-electron chi connectivity index (χ2n) is 6.75. The predicted molar refractivity (Wildman–Crippen MR) is 107 cm³/mol. The van der Waals surface area contributed by atoms with Crippen molar-refractivity contribution in [3.8, 4) is 0 Å². The molecule has 0 aliphatic carbocycles. The van der Waals surface area contributed by atoms with Crippen LogP contribution in [0.15, 0.2) is 40.5 Å². The first-order chi connectivity index (χ1) is 13.1. The fourth-order valence-electron chi connectivity index (χ4n) is 3.42. The molecule has 0 saturated carbocycles. The molecule has 4 rings (SSSR count). The minimum absolute atomic E-state index is 0.112. The Balaban J connectivity index is 1.42. The molecule has 27 heavy (non-hydrogen) atoms. The monoisotopic (exact) mass is 382 g/mol. The SMILES string of the molecule is CCc1nc(CN2CCN(C(=O)c3cc4ccccc4c(=O)[nH]3)CC2)cs1. The lowest BCUT2D eigenvalue weighted by atomic mass is 10.1. The summed E-state index contributed by atoms with van der Waals surface area (Å²) in [4.78, 5) is 36.6. The van der Waals surface area contributed by atoms with Crippen molar-refractivity contribution in [2.75, 3.05) is 26.2 Å². The number of benzene rings is 1. The second kappa shape index (κ2) is 7.62. The summed E-state index contributed by atoms with van der Waals surface area (Å²) >= 11 is 1.71. The Hall–Kier alpha value is -2.51. The van der Waals surface area contributed by atoms with E-state index >= 15 is 0 Å². The van der Waals surface area contributed by atoms with E-state index in [0.29, 0.717) is 24.2 Å². The molecule has 6 nitrogen and oxygen atoms in total. The molecule has 140 valence electrons. The van der Waals surface area contributed by atoms with Crippen LogP contribution in [0.5, 0.6) is 0 Å². The number of carbonyl (C=O) groups is 1. The van der Waals surface area contributed by atoms with Crippen LogP contribution in [0.25, 0.3) is 10.8 Å². The molecule has 0 spiro atoms. The normalized spacial score (nSPS) is 15.4. The Bertz CT molecular complexity index is 1020. The third kappa shape index (κ3) is 3.79. The largest absolute Gasteiger partial charge is 0.335 e. The van der Waals surface area contributed by atoms with Gasteiger partial charge in [-0.15, -0.1) is 11.3 Å². The van der Waals surface area contributed by atoms with Crippen LogP contribution in [0.1, 0.15) is 28.1 Å². The zero-order valence-electron chi connectivity index (χ0n) is 15.3. The van der Waals surface area contributed by atoms with Crippen LogP contribution in [0.2, 0.25) is 0 Å². The summed E-state index contributed by atoms with van der Waals surface area (Å²) < 4.78 is 0. The molecular formula is C20H22N4O2S. The third-order valence-corrected chi connectivity index (χ3v) is 5.97. The first-order valence-electron chi connectivity index (χ1n) is 9.21. The van der Waals surface area contributed by atoms with Crippen LogP contribution >= 0.6 is 11.3 Å².